The van der Waals surface area contributed by atoms with Crippen molar-refractivity contribution in [1.82, 2.24) is 10.3 Å². The van der Waals surface area contributed by atoms with E-state index in [-0.39, 0.29) is 6.54 Å². The van der Waals surface area contributed by atoms with Gasteiger partial charge in [-0.1, -0.05) is 6.92 Å². The molecule has 2 rings (SSSR count). The molecule has 7 heteroatoms. The van der Waals surface area contributed by atoms with Gasteiger partial charge in [0, 0.05) is 18.3 Å². The summed E-state index contributed by atoms with van der Waals surface area (Å²) in [5.41, 5.74) is -0.697. The molecule has 1 heterocycles. The lowest BCUT2D eigenvalue weighted by Gasteiger charge is -2.06. The number of thiazole rings is 1. The Morgan fingerprint density at radius 3 is 2.74 bits per heavy atom. The van der Waals surface area contributed by atoms with E-state index in [9.17, 15) is 13.2 Å². The Hall–Kier alpha value is -0.270. The second-order valence-electron chi connectivity index (χ2n) is 4.58. The maximum Gasteiger partial charge on any atom is 0.434 e. The molecule has 1 aliphatic carbocycles. The first-order chi connectivity index (χ1) is 9.00. The first kappa shape index (κ1) is 15.1. The minimum atomic E-state index is -4.34. The van der Waals surface area contributed by atoms with Gasteiger partial charge in [0.15, 0.2) is 5.69 Å². The summed E-state index contributed by atoms with van der Waals surface area (Å²) in [6.45, 7) is 2.34. The molecule has 0 spiro atoms. The van der Waals surface area contributed by atoms with E-state index in [4.69, 9.17) is 0 Å². The third kappa shape index (κ3) is 4.65. The van der Waals surface area contributed by atoms with Crippen molar-refractivity contribution >= 4 is 23.1 Å². The molecule has 0 aliphatic heterocycles. The van der Waals surface area contributed by atoms with Gasteiger partial charge >= 0.3 is 6.18 Å². The Balaban J connectivity index is 2.03. The van der Waals surface area contributed by atoms with E-state index in [1.165, 1.54) is 11.3 Å². The third-order valence-corrected chi connectivity index (χ3v) is 5.13. The molecule has 0 unspecified atom stereocenters. The summed E-state index contributed by atoms with van der Waals surface area (Å²) in [5, 5.41) is 3.71. The third-order valence-electron chi connectivity index (χ3n) is 2.71. The van der Waals surface area contributed by atoms with E-state index in [1.807, 2.05) is 0 Å². The standard InChI is InChI=1S/C12H17F3N2S2/c1-2-5-18-7-10-17-11(12(13,14)15)9(19-10)6-16-8-3-4-8/h8,16H,2-7H2,1H3. The summed E-state index contributed by atoms with van der Waals surface area (Å²) in [6, 6.07) is 0.404. The van der Waals surface area contributed by atoms with Crippen LogP contribution in [0.4, 0.5) is 13.2 Å². The van der Waals surface area contributed by atoms with Gasteiger partial charge in [-0.3, -0.25) is 0 Å². The van der Waals surface area contributed by atoms with Gasteiger partial charge in [-0.2, -0.15) is 24.9 Å². The highest BCUT2D eigenvalue weighted by molar-refractivity contribution is 7.98. The van der Waals surface area contributed by atoms with E-state index < -0.39 is 11.9 Å². The summed E-state index contributed by atoms with van der Waals surface area (Å²) in [4.78, 5) is 4.11. The zero-order valence-electron chi connectivity index (χ0n) is 10.7. The molecule has 0 aromatic carbocycles. The molecule has 0 bridgehead atoms. The minimum absolute atomic E-state index is 0.287. The fraction of sp³-hybridized carbons (Fsp3) is 0.750. The molecule has 0 atom stereocenters. The quantitative estimate of drug-likeness (QED) is 0.769. The van der Waals surface area contributed by atoms with Crippen LogP contribution in [0.15, 0.2) is 0 Å². The van der Waals surface area contributed by atoms with Crippen LogP contribution in [0.1, 0.15) is 41.8 Å². The zero-order chi connectivity index (χ0) is 13.9. The smallest absolute Gasteiger partial charge is 0.309 e. The molecule has 19 heavy (non-hydrogen) atoms. The number of nitrogens with one attached hydrogen (secondary N) is 1. The molecule has 108 valence electrons. The van der Waals surface area contributed by atoms with Crippen LogP contribution in [0.3, 0.4) is 0 Å². The largest absolute Gasteiger partial charge is 0.434 e. The molecule has 0 radical (unpaired) electrons. The Kier molecular flexibility index (Phi) is 5.14. The molecular formula is C12H17F3N2S2. The number of alkyl halides is 3. The molecule has 1 aliphatic rings. The molecule has 2 nitrogen and oxygen atoms in total. The van der Waals surface area contributed by atoms with E-state index in [0.29, 0.717) is 21.7 Å². The summed E-state index contributed by atoms with van der Waals surface area (Å²) in [5.74, 6) is 1.53. The number of aromatic nitrogens is 1. The van der Waals surface area contributed by atoms with Gasteiger partial charge in [0.25, 0.3) is 0 Å². The second-order valence-corrected chi connectivity index (χ2v) is 6.86. The van der Waals surface area contributed by atoms with Crippen LogP contribution in [0, 0.1) is 0 Å². The van der Waals surface area contributed by atoms with Crippen molar-refractivity contribution in [2.24, 2.45) is 0 Å². The van der Waals surface area contributed by atoms with Crippen molar-refractivity contribution < 1.29 is 13.2 Å². The van der Waals surface area contributed by atoms with E-state index >= 15 is 0 Å². The van der Waals surface area contributed by atoms with Crippen LogP contribution in [-0.4, -0.2) is 16.8 Å². The number of rotatable bonds is 7. The maximum absolute atomic E-state index is 12.9. The molecule has 0 amide bonds. The number of hydrogen-bond acceptors (Lipinski definition) is 4. The number of nitrogens with zero attached hydrogens (tertiary/aromatic N) is 1. The predicted molar refractivity (Wildman–Crippen MR) is 73.4 cm³/mol. The fourth-order valence-electron chi connectivity index (χ4n) is 1.63. The Morgan fingerprint density at radius 2 is 2.16 bits per heavy atom. The van der Waals surface area contributed by atoms with Crippen molar-refractivity contribution in [3.05, 3.63) is 15.6 Å². The van der Waals surface area contributed by atoms with Crippen molar-refractivity contribution in [1.29, 1.82) is 0 Å². The van der Waals surface area contributed by atoms with Gasteiger partial charge in [-0.25, -0.2) is 4.98 Å². The van der Waals surface area contributed by atoms with Crippen molar-refractivity contribution in [3.63, 3.8) is 0 Å². The first-order valence-corrected chi connectivity index (χ1v) is 8.34. The van der Waals surface area contributed by atoms with Crippen LogP contribution in [0.25, 0.3) is 0 Å². The van der Waals surface area contributed by atoms with Gasteiger partial charge in [0.05, 0.1) is 4.88 Å². The van der Waals surface area contributed by atoms with Gasteiger partial charge in [-0.05, 0) is 25.0 Å². The molecule has 0 saturated heterocycles. The van der Waals surface area contributed by atoms with Crippen molar-refractivity contribution in [3.8, 4) is 0 Å². The SMILES string of the molecule is CCCSCc1nc(C(F)(F)F)c(CNC2CC2)s1. The summed E-state index contributed by atoms with van der Waals surface area (Å²) in [6.07, 6.45) is -1.18. The fourth-order valence-corrected chi connectivity index (χ4v) is 3.62. The summed E-state index contributed by atoms with van der Waals surface area (Å²) >= 11 is 2.83. The van der Waals surface area contributed by atoms with Crippen molar-refractivity contribution in [2.45, 2.75) is 50.7 Å². The second kappa shape index (κ2) is 6.45. The van der Waals surface area contributed by atoms with E-state index in [2.05, 4.69) is 17.2 Å². The lowest BCUT2D eigenvalue weighted by atomic mass is 10.3. The molecular weight excluding hydrogens is 293 g/mol. The van der Waals surface area contributed by atoms with Crippen molar-refractivity contribution in [2.75, 3.05) is 5.75 Å². The lowest BCUT2D eigenvalue weighted by Crippen LogP contribution is -2.18. The van der Waals surface area contributed by atoms with Gasteiger partial charge < -0.3 is 5.32 Å². The van der Waals surface area contributed by atoms with Crippen LogP contribution < -0.4 is 5.32 Å². The first-order valence-electron chi connectivity index (χ1n) is 6.37. The molecule has 1 saturated carbocycles. The van der Waals surface area contributed by atoms with Crippen LogP contribution in [-0.2, 0) is 18.5 Å². The maximum atomic E-state index is 12.9. The molecule has 1 aromatic heterocycles. The van der Waals surface area contributed by atoms with E-state index in [1.54, 1.807) is 11.8 Å². The minimum Gasteiger partial charge on any atom is -0.309 e. The zero-order valence-corrected chi connectivity index (χ0v) is 12.4. The summed E-state index contributed by atoms with van der Waals surface area (Å²) in [7, 11) is 0. The Labute approximate surface area is 119 Å². The normalized spacial score (nSPS) is 16.0. The Bertz CT molecular complexity index is 414. The highest BCUT2D eigenvalue weighted by Crippen LogP contribution is 2.35. The number of hydrogen-bond donors (Lipinski definition) is 1. The van der Waals surface area contributed by atoms with E-state index in [0.717, 1.165) is 25.0 Å². The monoisotopic (exact) mass is 310 g/mol. The molecule has 1 fully saturated rings. The van der Waals surface area contributed by atoms with Crippen LogP contribution in [0.5, 0.6) is 0 Å². The number of thioether (sulfide) groups is 1. The molecule has 1 N–H and O–H groups in total. The van der Waals surface area contributed by atoms with Crippen LogP contribution in [0.2, 0.25) is 0 Å². The predicted octanol–water partition coefficient (Wildman–Crippen LogP) is 4.06. The van der Waals surface area contributed by atoms with Crippen LogP contribution >= 0.6 is 23.1 Å². The highest BCUT2D eigenvalue weighted by Gasteiger charge is 2.37. The lowest BCUT2D eigenvalue weighted by molar-refractivity contribution is -0.141. The van der Waals surface area contributed by atoms with Gasteiger partial charge in [0.2, 0.25) is 0 Å². The summed E-state index contributed by atoms with van der Waals surface area (Å²) < 4.78 is 38.7. The Morgan fingerprint density at radius 1 is 1.42 bits per heavy atom. The number of halogens is 3. The van der Waals surface area contributed by atoms with Gasteiger partial charge in [-0.15, -0.1) is 11.3 Å². The highest BCUT2D eigenvalue weighted by atomic mass is 32.2. The average molecular weight is 310 g/mol. The molecule has 1 aromatic rings. The average Bonchev–Trinajstić information content (AvgIpc) is 3.06. The topological polar surface area (TPSA) is 24.9 Å². The van der Waals surface area contributed by atoms with Gasteiger partial charge in [0.1, 0.15) is 5.01 Å².